The number of halogens is 1. The molecule has 1 heterocycles. The van der Waals surface area contributed by atoms with E-state index in [1.807, 2.05) is 0 Å². The van der Waals surface area contributed by atoms with Gasteiger partial charge in [0, 0.05) is 19.3 Å². The molecule has 84 valence electrons. The Morgan fingerprint density at radius 3 is 2.56 bits per heavy atom. The van der Waals surface area contributed by atoms with E-state index in [0.29, 0.717) is 23.3 Å². The Labute approximate surface area is 104 Å². The third kappa shape index (κ3) is 3.03. The highest BCUT2D eigenvalue weighted by Gasteiger charge is 2.16. The van der Waals surface area contributed by atoms with Gasteiger partial charge in [-0.1, -0.05) is 12.2 Å². The Morgan fingerprint density at radius 2 is 2.06 bits per heavy atom. The smallest absolute Gasteiger partial charge is 0.257 e. The summed E-state index contributed by atoms with van der Waals surface area (Å²) in [7, 11) is 0. The Kier molecular flexibility index (Phi) is 4.92. The van der Waals surface area contributed by atoms with Crippen molar-refractivity contribution in [3.05, 3.63) is 53.8 Å². The summed E-state index contributed by atoms with van der Waals surface area (Å²) in [5.74, 6) is -0.0835. The van der Waals surface area contributed by atoms with Crippen LogP contribution in [0.5, 0.6) is 0 Å². The maximum atomic E-state index is 12.1. The highest BCUT2D eigenvalue weighted by molar-refractivity contribution is 9.10. The number of amides is 1. The number of carbonyl (C=O) groups excluding carboxylic acids is 1. The molecule has 0 saturated carbocycles. The van der Waals surface area contributed by atoms with Gasteiger partial charge >= 0.3 is 0 Å². The number of hydrogen-bond acceptors (Lipinski definition) is 2. The minimum atomic E-state index is -0.0835. The molecule has 1 rings (SSSR count). The zero-order valence-electron chi connectivity index (χ0n) is 8.90. The largest absolute Gasteiger partial charge is 0.331 e. The molecule has 4 heteroatoms. The van der Waals surface area contributed by atoms with Gasteiger partial charge in [-0.25, -0.2) is 4.98 Å². The highest BCUT2D eigenvalue weighted by atomic mass is 79.9. The molecule has 0 N–H and O–H groups in total. The van der Waals surface area contributed by atoms with E-state index in [-0.39, 0.29) is 5.91 Å². The van der Waals surface area contributed by atoms with Crippen molar-refractivity contribution in [1.82, 2.24) is 9.88 Å². The van der Waals surface area contributed by atoms with Crippen LogP contribution >= 0.6 is 15.9 Å². The van der Waals surface area contributed by atoms with E-state index in [9.17, 15) is 4.79 Å². The topological polar surface area (TPSA) is 33.2 Å². The summed E-state index contributed by atoms with van der Waals surface area (Å²) in [6.45, 7) is 8.24. The molecule has 1 aromatic rings. The van der Waals surface area contributed by atoms with Crippen molar-refractivity contribution in [3.8, 4) is 0 Å². The molecule has 1 aromatic heterocycles. The second kappa shape index (κ2) is 6.23. The Morgan fingerprint density at radius 1 is 1.44 bits per heavy atom. The summed E-state index contributed by atoms with van der Waals surface area (Å²) >= 11 is 3.26. The number of nitrogens with zero attached hydrogens (tertiary/aromatic N) is 2. The first-order valence-corrected chi connectivity index (χ1v) is 5.61. The maximum Gasteiger partial charge on any atom is 0.257 e. The van der Waals surface area contributed by atoms with E-state index < -0.39 is 0 Å². The van der Waals surface area contributed by atoms with Gasteiger partial charge in [-0.15, -0.1) is 13.2 Å². The van der Waals surface area contributed by atoms with Gasteiger partial charge in [0.2, 0.25) is 0 Å². The van der Waals surface area contributed by atoms with Crippen LogP contribution in [0.15, 0.2) is 48.2 Å². The normalized spacial score (nSPS) is 9.56. The van der Waals surface area contributed by atoms with Gasteiger partial charge in [-0.2, -0.15) is 0 Å². The van der Waals surface area contributed by atoms with Gasteiger partial charge in [0.05, 0.1) is 5.56 Å². The molecule has 1 amide bonds. The van der Waals surface area contributed by atoms with Gasteiger partial charge in [-0.3, -0.25) is 4.79 Å². The minimum Gasteiger partial charge on any atom is -0.331 e. The fourth-order valence-electron chi connectivity index (χ4n) is 1.27. The van der Waals surface area contributed by atoms with Gasteiger partial charge < -0.3 is 4.90 Å². The SMILES string of the molecule is C=CCN(CC=C)C(=O)c1cccnc1Br. The number of rotatable bonds is 5. The van der Waals surface area contributed by atoms with Crippen LogP contribution in [0.25, 0.3) is 0 Å². The number of pyridine rings is 1. The standard InChI is InChI=1S/C12H13BrN2O/c1-3-8-15(9-4-2)12(16)10-6-5-7-14-11(10)13/h3-7H,1-2,8-9H2. The molecule has 0 aliphatic rings. The Balaban J connectivity index is 2.94. The Hall–Kier alpha value is -1.42. The van der Waals surface area contributed by atoms with Gasteiger partial charge in [0.25, 0.3) is 5.91 Å². The number of hydrogen-bond donors (Lipinski definition) is 0. The van der Waals surface area contributed by atoms with Crippen LogP contribution in [0.2, 0.25) is 0 Å². The zero-order chi connectivity index (χ0) is 12.0. The zero-order valence-corrected chi connectivity index (χ0v) is 10.5. The van der Waals surface area contributed by atoms with Crippen molar-refractivity contribution in [2.24, 2.45) is 0 Å². The Bertz CT molecular complexity index is 394. The predicted octanol–water partition coefficient (Wildman–Crippen LogP) is 2.66. The van der Waals surface area contributed by atoms with Crippen molar-refractivity contribution in [2.75, 3.05) is 13.1 Å². The van der Waals surface area contributed by atoms with E-state index in [4.69, 9.17) is 0 Å². The highest BCUT2D eigenvalue weighted by Crippen LogP contribution is 2.15. The molecule has 0 fully saturated rings. The molecule has 0 aromatic carbocycles. The molecule has 0 saturated heterocycles. The van der Waals surface area contributed by atoms with Gasteiger partial charge in [-0.05, 0) is 28.1 Å². The molecule has 16 heavy (non-hydrogen) atoms. The van der Waals surface area contributed by atoms with Crippen molar-refractivity contribution >= 4 is 21.8 Å². The van der Waals surface area contributed by atoms with Crippen molar-refractivity contribution < 1.29 is 4.79 Å². The second-order valence-corrected chi connectivity index (χ2v) is 3.88. The average molecular weight is 281 g/mol. The summed E-state index contributed by atoms with van der Waals surface area (Å²) in [4.78, 5) is 17.8. The first-order valence-electron chi connectivity index (χ1n) is 4.82. The lowest BCUT2D eigenvalue weighted by Gasteiger charge is -2.19. The summed E-state index contributed by atoms with van der Waals surface area (Å²) in [5, 5.41) is 0. The van der Waals surface area contributed by atoms with Crippen molar-refractivity contribution in [2.45, 2.75) is 0 Å². The first kappa shape index (κ1) is 12.6. The summed E-state index contributed by atoms with van der Waals surface area (Å²) in [6, 6.07) is 3.47. The quantitative estimate of drug-likeness (QED) is 0.614. The van der Waals surface area contributed by atoms with E-state index in [1.165, 1.54) is 0 Å². The van der Waals surface area contributed by atoms with E-state index in [2.05, 4.69) is 34.1 Å². The lowest BCUT2D eigenvalue weighted by molar-refractivity contribution is 0.0789. The van der Waals surface area contributed by atoms with Crippen LogP contribution in [0, 0.1) is 0 Å². The summed E-state index contributed by atoms with van der Waals surface area (Å²) < 4.78 is 0.554. The first-order chi connectivity index (χ1) is 7.70. The lowest BCUT2D eigenvalue weighted by atomic mass is 10.2. The van der Waals surface area contributed by atoms with Crippen LogP contribution < -0.4 is 0 Å². The third-order valence-corrected chi connectivity index (χ3v) is 2.61. The van der Waals surface area contributed by atoms with E-state index in [0.717, 1.165) is 0 Å². The molecule has 0 atom stereocenters. The van der Waals surface area contributed by atoms with E-state index in [1.54, 1.807) is 35.4 Å². The molecule has 0 spiro atoms. The lowest BCUT2D eigenvalue weighted by Crippen LogP contribution is -2.31. The number of aromatic nitrogens is 1. The van der Waals surface area contributed by atoms with Crippen LogP contribution in [0.3, 0.4) is 0 Å². The van der Waals surface area contributed by atoms with Crippen LogP contribution in [0.1, 0.15) is 10.4 Å². The molecule has 0 radical (unpaired) electrons. The molecule has 0 bridgehead atoms. The fraction of sp³-hybridized carbons (Fsp3) is 0.167. The van der Waals surface area contributed by atoms with Crippen LogP contribution in [-0.2, 0) is 0 Å². The fourth-order valence-corrected chi connectivity index (χ4v) is 1.69. The number of carbonyl (C=O) groups is 1. The average Bonchev–Trinajstić information content (AvgIpc) is 2.28. The summed E-state index contributed by atoms with van der Waals surface area (Å²) in [6.07, 6.45) is 5.00. The third-order valence-electron chi connectivity index (χ3n) is 1.98. The molecule has 0 unspecified atom stereocenters. The predicted molar refractivity (Wildman–Crippen MR) is 68.2 cm³/mol. The molecule has 0 aliphatic heterocycles. The van der Waals surface area contributed by atoms with E-state index >= 15 is 0 Å². The monoisotopic (exact) mass is 280 g/mol. The van der Waals surface area contributed by atoms with Crippen LogP contribution in [-0.4, -0.2) is 28.9 Å². The van der Waals surface area contributed by atoms with Gasteiger partial charge in [0.15, 0.2) is 0 Å². The maximum absolute atomic E-state index is 12.1. The van der Waals surface area contributed by atoms with Gasteiger partial charge in [0.1, 0.15) is 4.60 Å². The van der Waals surface area contributed by atoms with Crippen LogP contribution in [0.4, 0.5) is 0 Å². The second-order valence-electron chi connectivity index (χ2n) is 3.13. The molecular weight excluding hydrogens is 268 g/mol. The summed E-state index contributed by atoms with van der Waals surface area (Å²) in [5.41, 5.74) is 0.547. The van der Waals surface area contributed by atoms with Crippen molar-refractivity contribution in [3.63, 3.8) is 0 Å². The molecule has 0 aliphatic carbocycles. The van der Waals surface area contributed by atoms with Crippen molar-refractivity contribution in [1.29, 1.82) is 0 Å². The minimum absolute atomic E-state index is 0.0835. The molecular formula is C12H13BrN2O. The molecule has 3 nitrogen and oxygen atoms in total.